The average Bonchev–Trinajstić information content (AvgIpc) is 2.63. The topological polar surface area (TPSA) is 32.3 Å². The number of piperidine rings is 1. The van der Waals surface area contributed by atoms with Gasteiger partial charge in [-0.25, -0.2) is 4.39 Å². The van der Waals surface area contributed by atoms with Crippen LogP contribution in [0.15, 0.2) is 48.5 Å². The van der Waals surface area contributed by atoms with Crippen LogP contribution in [0.3, 0.4) is 0 Å². The summed E-state index contributed by atoms with van der Waals surface area (Å²) < 4.78 is 13.0. The molecule has 3 nitrogen and oxygen atoms in total. The Morgan fingerprint density at radius 3 is 2.58 bits per heavy atom. The van der Waals surface area contributed by atoms with E-state index < -0.39 is 0 Å². The van der Waals surface area contributed by atoms with Gasteiger partial charge in [0.25, 0.3) is 0 Å². The van der Waals surface area contributed by atoms with E-state index >= 15 is 0 Å². The maximum Gasteiger partial charge on any atom is 0.223 e. The van der Waals surface area contributed by atoms with Crippen molar-refractivity contribution in [3.8, 4) is 0 Å². The highest BCUT2D eigenvalue weighted by atomic mass is 35.5. The smallest absolute Gasteiger partial charge is 0.223 e. The van der Waals surface area contributed by atoms with Gasteiger partial charge in [-0.2, -0.15) is 0 Å². The normalized spacial score (nSPS) is 17.0. The van der Waals surface area contributed by atoms with Crippen molar-refractivity contribution in [3.63, 3.8) is 0 Å². The highest BCUT2D eigenvalue weighted by molar-refractivity contribution is 6.30. The van der Waals surface area contributed by atoms with Gasteiger partial charge in [-0.15, -0.1) is 0 Å². The Balaban J connectivity index is 1.48. The fraction of sp³-hybridized carbons (Fsp3) is 0.381. The highest BCUT2D eigenvalue weighted by Gasteiger charge is 2.26. The number of hydrogen-bond donors (Lipinski definition) is 1. The van der Waals surface area contributed by atoms with Gasteiger partial charge in [0, 0.05) is 17.5 Å². The molecule has 1 aliphatic rings. The van der Waals surface area contributed by atoms with Crippen LogP contribution in [-0.4, -0.2) is 23.9 Å². The minimum atomic E-state index is -0.264. The molecule has 0 aliphatic carbocycles. The van der Waals surface area contributed by atoms with E-state index in [1.807, 2.05) is 25.1 Å². The minimum absolute atomic E-state index is 0.0357. The minimum Gasteiger partial charge on any atom is -0.349 e. The standard InChI is InChI=1S/C21H24ClFN2O/c1-15(17-5-7-20(23)8-6-17)24-21(26)18-9-11-25(12-10-18)14-16-3-2-4-19(22)13-16/h2-8,13,15,18H,9-12,14H2,1H3,(H,24,26). The van der Waals surface area contributed by atoms with Crippen molar-refractivity contribution >= 4 is 17.5 Å². The van der Waals surface area contributed by atoms with Crippen LogP contribution >= 0.6 is 11.6 Å². The average molecular weight is 375 g/mol. The highest BCUT2D eigenvalue weighted by Crippen LogP contribution is 2.22. The van der Waals surface area contributed by atoms with E-state index in [0.717, 1.165) is 43.1 Å². The van der Waals surface area contributed by atoms with Crippen LogP contribution < -0.4 is 5.32 Å². The van der Waals surface area contributed by atoms with E-state index in [0.29, 0.717) is 0 Å². The van der Waals surface area contributed by atoms with E-state index in [4.69, 9.17) is 11.6 Å². The van der Waals surface area contributed by atoms with Crippen LogP contribution in [0.25, 0.3) is 0 Å². The summed E-state index contributed by atoms with van der Waals surface area (Å²) in [6.45, 7) is 4.59. The largest absolute Gasteiger partial charge is 0.349 e. The molecule has 0 radical (unpaired) electrons. The number of halogens is 2. The van der Waals surface area contributed by atoms with E-state index in [1.165, 1.54) is 17.7 Å². The number of rotatable bonds is 5. The Kier molecular flexibility index (Phi) is 6.28. The van der Waals surface area contributed by atoms with E-state index in [2.05, 4.69) is 16.3 Å². The molecule has 2 aromatic carbocycles. The number of nitrogens with one attached hydrogen (secondary N) is 1. The van der Waals surface area contributed by atoms with Gasteiger partial charge in [0.05, 0.1) is 6.04 Å². The second-order valence-corrected chi connectivity index (χ2v) is 7.40. The molecule has 1 heterocycles. The van der Waals surface area contributed by atoms with Gasteiger partial charge in [0.1, 0.15) is 5.82 Å². The number of benzene rings is 2. The number of carbonyl (C=O) groups excluding carboxylic acids is 1. The molecule has 1 atom stereocenters. The van der Waals surface area contributed by atoms with Crippen LogP contribution in [0.2, 0.25) is 5.02 Å². The molecule has 5 heteroatoms. The molecule has 0 aromatic heterocycles. The molecule has 0 bridgehead atoms. The van der Waals surface area contributed by atoms with Crippen molar-refractivity contribution in [2.75, 3.05) is 13.1 Å². The predicted octanol–water partition coefficient (Wildman–Crippen LogP) is 4.57. The second-order valence-electron chi connectivity index (χ2n) is 6.96. The van der Waals surface area contributed by atoms with Crippen molar-refractivity contribution < 1.29 is 9.18 Å². The van der Waals surface area contributed by atoms with Crippen molar-refractivity contribution in [1.29, 1.82) is 0 Å². The summed E-state index contributed by atoms with van der Waals surface area (Å²) >= 11 is 6.04. The molecule has 138 valence electrons. The first-order valence-corrected chi connectivity index (χ1v) is 9.41. The van der Waals surface area contributed by atoms with E-state index in [-0.39, 0.29) is 23.7 Å². The maximum atomic E-state index is 13.0. The van der Waals surface area contributed by atoms with Crippen LogP contribution in [0.5, 0.6) is 0 Å². The monoisotopic (exact) mass is 374 g/mol. The molecule has 3 rings (SSSR count). The van der Waals surface area contributed by atoms with Gasteiger partial charge in [0.15, 0.2) is 0 Å². The Morgan fingerprint density at radius 1 is 1.23 bits per heavy atom. The van der Waals surface area contributed by atoms with Crippen LogP contribution in [0, 0.1) is 11.7 Å². The molecule has 0 spiro atoms. The molecule has 1 unspecified atom stereocenters. The molecule has 1 saturated heterocycles. The summed E-state index contributed by atoms with van der Waals surface area (Å²) in [7, 11) is 0. The van der Waals surface area contributed by atoms with Gasteiger partial charge in [-0.05, 0) is 68.2 Å². The molecule has 26 heavy (non-hydrogen) atoms. The van der Waals surface area contributed by atoms with Gasteiger partial charge >= 0.3 is 0 Å². The van der Waals surface area contributed by atoms with E-state index in [1.54, 1.807) is 12.1 Å². The molecular weight excluding hydrogens is 351 g/mol. The second kappa shape index (κ2) is 8.65. The van der Waals surface area contributed by atoms with Crippen molar-refractivity contribution in [2.45, 2.75) is 32.4 Å². The summed E-state index contributed by atoms with van der Waals surface area (Å²) in [6.07, 6.45) is 1.70. The Morgan fingerprint density at radius 2 is 1.92 bits per heavy atom. The fourth-order valence-corrected chi connectivity index (χ4v) is 3.63. The number of likely N-dealkylation sites (tertiary alicyclic amines) is 1. The summed E-state index contributed by atoms with van der Waals surface area (Å²) in [5.41, 5.74) is 2.11. The predicted molar refractivity (Wildman–Crippen MR) is 102 cm³/mol. The third-order valence-electron chi connectivity index (χ3n) is 4.98. The Bertz CT molecular complexity index is 742. The lowest BCUT2D eigenvalue weighted by molar-refractivity contribution is -0.127. The maximum absolute atomic E-state index is 13.0. The van der Waals surface area contributed by atoms with E-state index in [9.17, 15) is 9.18 Å². The molecule has 1 fully saturated rings. The number of carbonyl (C=O) groups is 1. The Labute approximate surface area is 159 Å². The number of hydrogen-bond acceptors (Lipinski definition) is 2. The van der Waals surface area contributed by atoms with Crippen molar-refractivity contribution in [3.05, 3.63) is 70.5 Å². The van der Waals surface area contributed by atoms with Crippen LogP contribution in [0.4, 0.5) is 4.39 Å². The van der Waals surface area contributed by atoms with Crippen LogP contribution in [-0.2, 0) is 11.3 Å². The fourth-order valence-electron chi connectivity index (χ4n) is 3.41. The Hall–Kier alpha value is -1.91. The third kappa shape index (κ3) is 5.05. The molecule has 2 aromatic rings. The quantitative estimate of drug-likeness (QED) is 0.831. The van der Waals surface area contributed by atoms with Crippen molar-refractivity contribution in [2.24, 2.45) is 5.92 Å². The molecule has 1 amide bonds. The zero-order valence-corrected chi connectivity index (χ0v) is 15.7. The lowest BCUT2D eigenvalue weighted by Crippen LogP contribution is -2.40. The zero-order valence-electron chi connectivity index (χ0n) is 14.9. The van der Waals surface area contributed by atoms with Gasteiger partial charge in [-0.3, -0.25) is 9.69 Å². The molecule has 0 saturated carbocycles. The van der Waals surface area contributed by atoms with Gasteiger partial charge in [0.2, 0.25) is 5.91 Å². The molecule has 1 aliphatic heterocycles. The third-order valence-corrected chi connectivity index (χ3v) is 5.22. The zero-order chi connectivity index (χ0) is 18.5. The first-order valence-electron chi connectivity index (χ1n) is 9.04. The first-order chi connectivity index (χ1) is 12.5. The molecule has 1 N–H and O–H groups in total. The van der Waals surface area contributed by atoms with Gasteiger partial charge < -0.3 is 5.32 Å². The molecular formula is C21H24ClFN2O. The SMILES string of the molecule is CC(NC(=O)C1CCN(Cc2cccc(Cl)c2)CC1)c1ccc(F)cc1. The van der Waals surface area contributed by atoms with Crippen molar-refractivity contribution in [1.82, 2.24) is 10.2 Å². The summed E-state index contributed by atoms with van der Waals surface area (Å²) in [6, 6.07) is 14.1. The lowest BCUT2D eigenvalue weighted by Gasteiger charge is -2.32. The number of amides is 1. The summed E-state index contributed by atoms with van der Waals surface area (Å²) in [4.78, 5) is 14.9. The number of nitrogens with zero attached hydrogens (tertiary/aromatic N) is 1. The summed E-state index contributed by atoms with van der Waals surface area (Å²) in [5.74, 6) is -0.142. The lowest BCUT2D eigenvalue weighted by atomic mass is 9.95. The van der Waals surface area contributed by atoms with Gasteiger partial charge in [-0.1, -0.05) is 35.9 Å². The first kappa shape index (κ1) is 18.9. The summed E-state index contributed by atoms with van der Waals surface area (Å²) in [5, 5.41) is 3.82. The van der Waals surface area contributed by atoms with Crippen LogP contribution in [0.1, 0.15) is 36.9 Å².